The normalized spacial score (nSPS) is 11.4. The summed E-state index contributed by atoms with van der Waals surface area (Å²) < 4.78 is 0. The molecule has 0 aliphatic carbocycles. The zero-order valence-corrected chi connectivity index (χ0v) is 8.62. The molecule has 5 heteroatoms. The molecular weight excluding hydrogens is 184 g/mol. The monoisotopic (exact) mass is 204 g/mol. The highest BCUT2D eigenvalue weighted by Crippen LogP contribution is 2.08. The molecule has 0 aliphatic rings. The number of nitrogens with two attached hydrogens (primary N) is 1. The summed E-state index contributed by atoms with van der Waals surface area (Å²) in [7, 11) is 0. The molecule has 14 heavy (non-hydrogen) atoms. The second-order valence-electron chi connectivity index (χ2n) is 3.39. The van der Waals surface area contributed by atoms with E-state index in [1.54, 1.807) is 6.92 Å². The lowest BCUT2D eigenvalue weighted by Crippen LogP contribution is -2.53. The SMILES string of the molecule is CCC(CO)(CO)NC(=O)CCCN. The van der Waals surface area contributed by atoms with E-state index in [4.69, 9.17) is 15.9 Å². The molecular formula is C9H20N2O3. The molecule has 5 N–H and O–H groups in total. The van der Waals surface area contributed by atoms with Crippen molar-refractivity contribution in [3.05, 3.63) is 0 Å². The topological polar surface area (TPSA) is 95.6 Å². The Morgan fingerprint density at radius 2 is 2.00 bits per heavy atom. The maximum Gasteiger partial charge on any atom is 0.220 e. The van der Waals surface area contributed by atoms with Crippen LogP contribution in [0.4, 0.5) is 0 Å². The number of hydrogen-bond donors (Lipinski definition) is 4. The Kier molecular flexibility index (Phi) is 6.44. The van der Waals surface area contributed by atoms with Crippen LogP contribution in [0.25, 0.3) is 0 Å². The third kappa shape index (κ3) is 4.04. The van der Waals surface area contributed by atoms with E-state index in [1.165, 1.54) is 0 Å². The summed E-state index contributed by atoms with van der Waals surface area (Å²) >= 11 is 0. The van der Waals surface area contributed by atoms with Gasteiger partial charge in [-0.25, -0.2) is 0 Å². The Bertz CT molecular complexity index is 161. The van der Waals surface area contributed by atoms with Crippen LogP contribution in [0.1, 0.15) is 26.2 Å². The Balaban J connectivity index is 4.08. The van der Waals surface area contributed by atoms with Crippen molar-refractivity contribution < 1.29 is 15.0 Å². The lowest BCUT2D eigenvalue weighted by atomic mass is 9.98. The van der Waals surface area contributed by atoms with Crippen LogP contribution < -0.4 is 11.1 Å². The Morgan fingerprint density at radius 1 is 1.43 bits per heavy atom. The van der Waals surface area contributed by atoms with Gasteiger partial charge in [-0.1, -0.05) is 6.92 Å². The molecule has 0 aromatic rings. The fourth-order valence-electron chi connectivity index (χ4n) is 1.06. The van der Waals surface area contributed by atoms with Crippen LogP contribution in [-0.4, -0.2) is 41.4 Å². The molecule has 0 saturated carbocycles. The average molecular weight is 204 g/mol. The van der Waals surface area contributed by atoms with Crippen LogP contribution in [0.3, 0.4) is 0 Å². The molecule has 0 bridgehead atoms. The van der Waals surface area contributed by atoms with Crippen molar-refractivity contribution in [3.63, 3.8) is 0 Å². The highest BCUT2D eigenvalue weighted by Gasteiger charge is 2.27. The molecule has 0 spiro atoms. The minimum Gasteiger partial charge on any atom is -0.394 e. The smallest absolute Gasteiger partial charge is 0.220 e. The van der Waals surface area contributed by atoms with Gasteiger partial charge in [-0.15, -0.1) is 0 Å². The second-order valence-corrected chi connectivity index (χ2v) is 3.39. The van der Waals surface area contributed by atoms with E-state index in [1.807, 2.05) is 0 Å². The summed E-state index contributed by atoms with van der Waals surface area (Å²) in [5.41, 5.74) is 4.38. The first kappa shape index (κ1) is 13.4. The van der Waals surface area contributed by atoms with Gasteiger partial charge in [0.2, 0.25) is 5.91 Å². The van der Waals surface area contributed by atoms with Gasteiger partial charge in [0.1, 0.15) is 0 Å². The number of aliphatic hydroxyl groups excluding tert-OH is 2. The van der Waals surface area contributed by atoms with Gasteiger partial charge < -0.3 is 21.3 Å². The van der Waals surface area contributed by atoms with Crippen LogP contribution in [0, 0.1) is 0 Å². The summed E-state index contributed by atoms with van der Waals surface area (Å²) in [5.74, 6) is -0.180. The minimum absolute atomic E-state index is 0.180. The van der Waals surface area contributed by atoms with Crippen molar-refractivity contribution in [1.82, 2.24) is 5.32 Å². The van der Waals surface area contributed by atoms with Crippen molar-refractivity contribution >= 4 is 5.91 Å². The van der Waals surface area contributed by atoms with Crippen molar-refractivity contribution in [2.24, 2.45) is 5.73 Å². The molecule has 0 aliphatic heterocycles. The van der Waals surface area contributed by atoms with E-state index >= 15 is 0 Å². The molecule has 0 radical (unpaired) electrons. The zero-order chi connectivity index (χ0) is 11.0. The van der Waals surface area contributed by atoms with Crippen LogP contribution >= 0.6 is 0 Å². The standard InChI is InChI=1S/C9H20N2O3/c1-2-9(6-12,7-13)11-8(14)4-3-5-10/h12-13H,2-7,10H2,1H3,(H,11,14). The van der Waals surface area contributed by atoms with Crippen LogP contribution in [-0.2, 0) is 4.79 Å². The molecule has 0 saturated heterocycles. The van der Waals surface area contributed by atoms with Gasteiger partial charge in [-0.3, -0.25) is 4.79 Å². The van der Waals surface area contributed by atoms with E-state index in [0.29, 0.717) is 25.8 Å². The van der Waals surface area contributed by atoms with Gasteiger partial charge >= 0.3 is 0 Å². The molecule has 5 nitrogen and oxygen atoms in total. The molecule has 0 aromatic heterocycles. The quantitative estimate of drug-likeness (QED) is 0.426. The first-order chi connectivity index (χ1) is 6.64. The van der Waals surface area contributed by atoms with Gasteiger partial charge in [-0.2, -0.15) is 0 Å². The molecule has 0 unspecified atom stereocenters. The fourth-order valence-corrected chi connectivity index (χ4v) is 1.06. The predicted octanol–water partition coefficient (Wildman–Crippen LogP) is -1.03. The molecule has 0 atom stereocenters. The van der Waals surface area contributed by atoms with Crippen molar-refractivity contribution in [2.45, 2.75) is 31.7 Å². The Hall–Kier alpha value is -0.650. The number of carbonyl (C=O) groups is 1. The lowest BCUT2D eigenvalue weighted by molar-refractivity contribution is -0.124. The fraction of sp³-hybridized carbons (Fsp3) is 0.889. The first-order valence-electron chi connectivity index (χ1n) is 4.87. The second kappa shape index (κ2) is 6.75. The molecule has 84 valence electrons. The molecule has 1 amide bonds. The van der Waals surface area contributed by atoms with E-state index < -0.39 is 5.54 Å². The zero-order valence-electron chi connectivity index (χ0n) is 8.62. The van der Waals surface area contributed by atoms with E-state index in [2.05, 4.69) is 5.32 Å². The van der Waals surface area contributed by atoms with Crippen molar-refractivity contribution in [3.8, 4) is 0 Å². The van der Waals surface area contributed by atoms with E-state index in [0.717, 1.165) is 0 Å². The third-order valence-electron chi connectivity index (χ3n) is 2.29. The molecule has 0 heterocycles. The summed E-state index contributed by atoms with van der Waals surface area (Å²) in [6.45, 7) is 1.75. The van der Waals surface area contributed by atoms with Crippen LogP contribution in [0.15, 0.2) is 0 Å². The van der Waals surface area contributed by atoms with Gasteiger partial charge in [0.05, 0.1) is 18.8 Å². The third-order valence-corrected chi connectivity index (χ3v) is 2.29. The lowest BCUT2D eigenvalue weighted by Gasteiger charge is -2.29. The molecule has 0 fully saturated rings. The number of aliphatic hydroxyl groups is 2. The first-order valence-corrected chi connectivity index (χ1v) is 4.87. The Labute approximate surface area is 84.3 Å². The highest BCUT2D eigenvalue weighted by molar-refractivity contribution is 5.76. The van der Waals surface area contributed by atoms with E-state index in [-0.39, 0.29) is 19.1 Å². The van der Waals surface area contributed by atoms with Gasteiger partial charge in [0.15, 0.2) is 0 Å². The van der Waals surface area contributed by atoms with Crippen molar-refractivity contribution in [2.75, 3.05) is 19.8 Å². The number of nitrogens with one attached hydrogen (secondary N) is 1. The van der Waals surface area contributed by atoms with Gasteiger partial charge in [0.25, 0.3) is 0 Å². The predicted molar refractivity (Wildman–Crippen MR) is 53.6 cm³/mol. The van der Waals surface area contributed by atoms with Crippen LogP contribution in [0.2, 0.25) is 0 Å². The number of hydrogen-bond acceptors (Lipinski definition) is 4. The maximum absolute atomic E-state index is 11.3. The van der Waals surface area contributed by atoms with Gasteiger partial charge in [0, 0.05) is 6.42 Å². The van der Waals surface area contributed by atoms with E-state index in [9.17, 15) is 4.79 Å². The largest absolute Gasteiger partial charge is 0.394 e. The summed E-state index contributed by atoms with van der Waals surface area (Å²) in [6.07, 6.45) is 1.44. The number of rotatable bonds is 7. The summed E-state index contributed by atoms with van der Waals surface area (Å²) in [4.78, 5) is 11.3. The molecule has 0 aromatic carbocycles. The summed E-state index contributed by atoms with van der Waals surface area (Å²) in [5, 5.41) is 20.7. The number of carbonyl (C=O) groups excluding carboxylic acids is 1. The van der Waals surface area contributed by atoms with Gasteiger partial charge in [-0.05, 0) is 19.4 Å². The minimum atomic E-state index is -0.883. The van der Waals surface area contributed by atoms with Crippen molar-refractivity contribution in [1.29, 1.82) is 0 Å². The summed E-state index contributed by atoms with van der Waals surface area (Å²) in [6, 6.07) is 0. The average Bonchev–Trinajstić information content (AvgIpc) is 2.23. The van der Waals surface area contributed by atoms with Crippen LogP contribution in [0.5, 0.6) is 0 Å². The number of amides is 1. The Morgan fingerprint density at radius 3 is 2.36 bits per heavy atom. The highest BCUT2D eigenvalue weighted by atomic mass is 16.3. The molecule has 0 rings (SSSR count). The maximum atomic E-state index is 11.3.